The van der Waals surface area contributed by atoms with E-state index in [0.29, 0.717) is 12.4 Å². The number of carbonyl (C=O) groups excluding carboxylic acids is 1. The Labute approximate surface area is 168 Å². The molecule has 1 unspecified atom stereocenters. The van der Waals surface area contributed by atoms with E-state index >= 15 is 0 Å². The zero-order valence-corrected chi connectivity index (χ0v) is 15.6. The van der Waals surface area contributed by atoms with Gasteiger partial charge in [0.05, 0.1) is 6.07 Å². The first-order chi connectivity index (χ1) is 14.2. The van der Waals surface area contributed by atoms with Crippen molar-refractivity contribution in [2.24, 2.45) is 0 Å². The molecule has 29 heavy (non-hydrogen) atoms. The summed E-state index contributed by atoms with van der Waals surface area (Å²) in [4.78, 5) is 12.2. The topological polar surface area (TPSA) is 62.1 Å². The molecule has 4 nitrogen and oxygen atoms in total. The Morgan fingerprint density at radius 3 is 2.59 bits per heavy atom. The van der Waals surface area contributed by atoms with Gasteiger partial charge in [-0.25, -0.2) is 4.39 Å². The minimum Gasteiger partial charge on any atom is -0.489 e. The summed E-state index contributed by atoms with van der Waals surface area (Å²) in [7, 11) is 0. The predicted octanol–water partition coefficient (Wildman–Crippen LogP) is 4.80. The molecule has 0 fully saturated rings. The number of carbonyl (C=O) groups is 1. The van der Waals surface area contributed by atoms with Crippen LogP contribution < -0.4 is 10.1 Å². The summed E-state index contributed by atoms with van der Waals surface area (Å²) in [6, 6.07) is 23.8. The first-order valence-corrected chi connectivity index (χ1v) is 9.05. The number of nitrogens with zero attached hydrogens (tertiary/aromatic N) is 1. The van der Waals surface area contributed by atoms with Crippen LogP contribution in [0.2, 0.25) is 0 Å². The highest BCUT2D eigenvalue weighted by atomic mass is 19.1. The molecule has 0 bridgehead atoms. The molecule has 0 aromatic heterocycles. The average Bonchev–Trinajstić information content (AvgIpc) is 2.76. The highest BCUT2D eigenvalue weighted by Crippen LogP contribution is 2.18. The molecule has 3 aromatic rings. The number of hydrogen-bond acceptors (Lipinski definition) is 3. The molecular formula is C24H19FN2O2. The first kappa shape index (κ1) is 19.8. The van der Waals surface area contributed by atoms with Gasteiger partial charge in [0.15, 0.2) is 0 Å². The summed E-state index contributed by atoms with van der Waals surface area (Å²) in [5, 5.41) is 11.8. The maximum Gasteiger partial charge on any atom is 0.245 e. The second-order valence-corrected chi connectivity index (χ2v) is 6.27. The third kappa shape index (κ3) is 5.78. The number of ether oxygens (including phenoxy) is 1. The van der Waals surface area contributed by atoms with Crippen LogP contribution in [0.5, 0.6) is 5.75 Å². The maximum atomic E-state index is 13.8. The van der Waals surface area contributed by atoms with Crippen LogP contribution in [0.25, 0.3) is 6.08 Å². The summed E-state index contributed by atoms with van der Waals surface area (Å²) in [6.45, 7) is 0.445. The zero-order chi connectivity index (χ0) is 20.5. The molecule has 1 amide bonds. The first-order valence-electron chi connectivity index (χ1n) is 9.05. The lowest BCUT2D eigenvalue weighted by atomic mass is 10.1. The molecule has 0 saturated carbocycles. The lowest BCUT2D eigenvalue weighted by molar-refractivity contribution is -0.116. The van der Waals surface area contributed by atoms with Crippen molar-refractivity contribution in [2.75, 3.05) is 0 Å². The molecule has 1 atom stereocenters. The second-order valence-electron chi connectivity index (χ2n) is 6.27. The van der Waals surface area contributed by atoms with E-state index in [1.807, 2.05) is 60.7 Å². The summed E-state index contributed by atoms with van der Waals surface area (Å²) >= 11 is 0. The molecule has 0 saturated heterocycles. The molecule has 144 valence electrons. The van der Waals surface area contributed by atoms with E-state index in [1.165, 1.54) is 24.3 Å². The fourth-order valence-corrected chi connectivity index (χ4v) is 2.70. The zero-order valence-electron chi connectivity index (χ0n) is 15.6. The summed E-state index contributed by atoms with van der Waals surface area (Å²) in [5.41, 5.74) is 1.96. The largest absolute Gasteiger partial charge is 0.489 e. The monoisotopic (exact) mass is 386 g/mol. The van der Waals surface area contributed by atoms with Crippen molar-refractivity contribution in [1.82, 2.24) is 5.32 Å². The summed E-state index contributed by atoms with van der Waals surface area (Å²) < 4.78 is 19.6. The molecule has 3 rings (SSSR count). The predicted molar refractivity (Wildman–Crippen MR) is 109 cm³/mol. The third-order valence-corrected chi connectivity index (χ3v) is 4.17. The molecule has 0 aliphatic rings. The second kappa shape index (κ2) is 9.86. The summed E-state index contributed by atoms with van der Waals surface area (Å²) in [6.07, 6.45) is 2.92. The van der Waals surface area contributed by atoms with E-state index in [9.17, 15) is 14.4 Å². The van der Waals surface area contributed by atoms with Crippen molar-refractivity contribution in [2.45, 2.75) is 12.6 Å². The lowest BCUT2D eigenvalue weighted by Gasteiger charge is -2.11. The molecule has 0 spiro atoms. The van der Waals surface area contributed by atoms with Crippen LogP contribution in [0, 0.1) is 17.1 Å². The van der Waals surface area contributed by atoms with Crippen molar-refractivity contribution < 1.29 is 13.9 Å². The molecule has 0 radical (unpaired) electrons. The van der Waals surface area contributed by atoms with Gasteiger partial charge in [-0.2, -0.15) is 5.26 Å². The fraction of sp³-hybridized carbons (Fsp3) is 0.0833. The third-order valence-electron chi connectivity index (χ3n) is 4.17. The van der Waals surface area contributed by atoms with Gasteiger partial charge in [-0.05, 0) is 35.4 Å². The standard InChI is InChI=1S/C24H19FN2O2/c25-22-12-5-4-11-21(22)23(16-26)27-24(28)14-13-18-9-6-10-20(15-18)29-17-19-7-2-1-3-8-19/h1-15,23H,17H2,(H,27,28)/b14-13+. The Morgan fingerprint density at radius 2 is 1.83 bits per heavy atom. The minimum atomic E-state index is -1.06. The molecular weight excluding hydrogens is 367 g/mol. The van der Waals surface area contributed by atoms with Crippen LogP contribution in [0.4, 0.5) is 4.39 Å². The van der Waals surface area contributed by atoms with Crippen molar-refractivity contribution in [3.63, 3.8) is 0 Å². The number of benzene rings is 3. The highest BCUT2D eigenvalue weighted by Gasteiger charge is 2.15. The van der Waals surface area contributed by atoms with E-state index in [1.54, 1.807) is 12.1 Å². The van der Waals surface area contributed by atoms with Crippen LogP contribution in [0.1, 0.15) is 22.7 Å². The normalized spacial score (nSPS) is 11.6. The van der Waals surface area contributed by atoms with Crippen LogP contribution in [0.3, 0.4) is 0 Å². The van der Waals surface area contributed by atoms with Crippen molar-refractivity contribution in [1.29, 1.82) is 5.26 Å². The Balaban J connectivity index is 1.61. The van der Waals surface area contributed by atoms with Gasteiger partial charge in [0.25, 0.3) is 0 Å². The highest BCUT2D eigenvalue weighted by molar-refractivity contribution is 5.92. The molecule has 3 aromatic carbocycles. The number of nitriles is 1. The Bertz CT molecular complexity index is 1040. The van der Waals surface area contributed by atoms with E-state index in [-0.39, 0.29) is 5.56 Å². The van der Waals surface area contributed by atoms with Crippen molar-refractivity contribution in [3.05, 3.63) is 107 Å². The Kier molecular flexibility index (Phi) is 6.75. The van der Waals surface area contributed by atoms with E-state index < -0.39 is 17.8 Å². The van der Waals surface area contributed by atoms with Gasteiger partial charge < -0.3 is 10.1 Å². The Morgan fingerprint density at radius 1 is 1.07 bits per heavy atom. The van der Waals surface area contributed by atoms with Crippen molar-refractivity contribution in [3.8, 4) is 11.8 Å². The molecule has 0 aliphatic heterocycles. The lowest BCUT2D eigenvalue weighted by Crippen LogP contribution is -2.26. The fourth-order valence-electron chi connectivity index (χ4n) is 2.70. The number of rotatable bonds is 7. The number of halogens is 1. The quantitative estimate of drug-likeness (QED) is 0.594. The average molecular weight is 386 g/mol. The minimum absolute atomic E-state index is 0.132. The van der Waals surface area contributed by atoms with E-state index in [0.717, 1.165) is 11.1 Å². The van der Waals surface area contributed by atoms with Crippen LogP contribution in [0.15, 0.2) is 84.9 Å². The van der Waals surface area contributed by atoms with Gasteiger partial charge in [0.2, 0.25) is 5.91 Å². The van der Waals surface area contributed by atoms with Gasteiger partial charge >= 0.3 is 0 Å². The van der Waals surface area contributed by atoms with Crippen LogP contribution in [-0.4, -0.2) is 5.91 Å². The molecule has 0 heterocycles. The SMILES string of the molecule is N#CC(NC(=O)/C=C/c1cccc(OCc2ccccc2)c1)c1ccccc1F. The van der Waals surface area contributed by atoms with Crippen LogP contribution >= 0.6 is 0 Å². The van der Waals surface area contributed by atoms with E-state index in [2.05, 4.69) is 5.32 Å². The number of nitrogens with one attached hydrogen (secondary N) is 1. The van der Waals surface area contributed by atoms with Gasteiger partial charge in [0.1, 0.15) is 24.2 Å². The van der Waals surface area contributed by atoms with Gasteiger partial charge in [-0.15, -0.1) is 0 Å². The van der Waals surface area contributed by atoms with Gasteiger partial charge in [-0.3, -0.25) is 4.79 Å². The van der Waals surface area contributed by atoms with Crippen LogP contribution in [-0.2, 0) is 11.4 Å². The Hall–Kier alpha value is -3.91. The molecule has 5 heteroatoms. The number of hydrogen-bond donors (Lipinski definition) is 1. The smallest absolute Gasteiger partial charge is 0.245 e. The molecule has 0 aliphatic carbocycles. The van der Waals surface area contributed by atoms with Crippen molar-refractivity contribution >= 4 is 12.0 Å². The van der Waals surface area contributed by atoms with Gasteiger partial charge in [0, 0.05) is 11.6 Å². The molecule has 1 N–H and O–H groups in total. The maximum absolute atomic E-state index is 13.8. The van der Waals surface area contributed by atoms with E-state index in [4.69, 9.17) is 4.74 Å². The summed E-state index contributed by atoms with van der Waals surface area (Å²) in [5.74, 6) is -0.348. The number of amides is 1. The van der Waals surface area contributed by atoms with Gasteiger partial charge in [-0.1, -0.05) is 60.7 Å².